The van der Waals surface area contributed by atoms with Gasteiger partial charge >= 0.3 is 23.9 Å². The molecule has 472 valence electrons. The molecule has 2 amide bonds. The van der Waals surface area contributed by atoms with E-state index in [4.69, 9.17) is 52.1 Å². The zero-order valence-corrected chi connectivity index (χ0v) is 52.1. The Labute approximate surface area is 512 Å². The summed E-state index contributed by atoms with van der Waals surface area (Å²) in [6.07, 6.45) is 4.50. The normalized spacial score (nSPS) is 11.9. The maximum absolute atomic E-state index is 13.3. The second-order valence-corrected chi connectivity index (χ2v) is 19.5. The summed E-state index contributed by atoms with van der Waals surface area (Å²) in [6, 6.07) is 32.0. The Morgan fingerprint density at radius 1 is 0.494 bits per heavy atom. The van der Waals surface area contributed by atoms with Gasteiger partial charge in [0.05, 0.1) is 42.7 Å². The summed E-state index contributed by atoms with van der Waals surface area (Å²) in [5.41, 5.74) is 3.87. The van der Waals surface area contributed by atoms with Gasteiger partial charge in [0.15, 0.2) is 28.6 Å². The average Bonchev–Trinajstić information content (AvgIpc) is 1.79. The number of benzene rings is 4. The van der Waals surface area contributed by atoms with Crippen molar-refractivity contribution < 1.29 is 83.7 Å². The SMILES string of the molecule is CC.CC[C@H](NC(=O)c1nccc(OC)c1OC(C)=O)C(=O)O[C@@H](C)C(Cc1ccc(OC)cc1)Cc1ccc(OC)cc1.COc1cccc(CC(Cc2cccc(OC)c2)[C@H](C)OC(=O)[C@H](C)NC(=O)c2nccc(OC)c2OCOC(C)=O)c1.[HH].[HH]. The van der Waals surface area contributed by atoms with Gasteiger partial charge in [0, 0.05) is 53.1 Å². The van der Waals surface area contributed by atoms with Crippen molar-refractivity contribution in [3.8, 4) is 46.0 Å². The fourth-order valence-corrected chi connectivity index (χ4v) is 8.82. The van der Waals surface area contributed by atoms with Crippen LogP contribution < -0.4 is 48.5 Å². The topological polar surface area (TPSA) is 254 Å². The molecule has 0 saturated heterocycles. The van der Waals surface area contributed by atoms with Crippen LogP contribution >= 0.6 is 0 Å². The molecule has 21 heteroatoms. The van der Waals surface area contributed by atoms with E-state index in [1.54, 1.807) is 35.4 Å². The molecule has 0 radical (unpaired) electrons. The van der Waals surface area contributed by atoms with Gasteiger partial charge in [-0.25, -0.2) is 19.6 Å². The third-order valence-corrected chi connectivity index (χ3v) is 13.5. The van der Waals surface area contributed by atoms with Crippen molar-refractivity contribution in [2.75, 3.05) is 49.5 Å². The summed E-state index contributed by atoms with van der Waals surface area (Å²) in [7, 11) is 9.24. The molecule has 2 heterocycles. The van der Waals surface area contributed by atoms with Crippen molar-refractivity contribution in [3.05, 3.63) is 155 Å². The van der Waals surface area contributed by atoms with Crippen LogP contribution in [0.15, 0.2) is 122 Å². The first kappa shape index (κ1) is 70.1. The number of amides is 2. The van der Waals surface area contributed by atoms with E-state index in [0.29, 0.717) is 25.7 Å². The highest BCUT2D eigenvalue weighted by atomic mass is 16.7. The number of methoxy groups -OCH3 is 6. The van der Waals surface area contributed by atoms with Crippen molar-refractivity contribution in [1.29, 1.82) is 0 Å². The van der Waals surface area contributed by atoms with E-state index in [0.717, 1.165) is 45.3 Å². The number of carbonyl (C=O) groups excluding carboxylic acids is 6. The molecule has 21 nitrogen and oxygen atoms in total. The highest BCUT2D eigenvalue weighted by Gasteiger charge is 2.31. The first-order valence-corrected chi connectivity index (χ1v) is 28.4. The smallest absolute Gasteiger partial charge is 0.328 e. The Bertz CT molecular complexity index is 3070. The van der Waals surface area contributed by atoms with E-state index < -0.39 is 66.8 Å². The Morgan fingerprint density at radius 3 is 1.34 bits per heavy atom. The maximum atomic E-state index is 13.3. The number of hydrogen-bond acceptors (Lipinski definition) is 19. The van der Waals surface area contributed by atoms with Crippen LogP contribution in [0, 0.1) is 11.8 Å². The van der Waals surface area contributed by atoms with Crippen LogP contribution in [0.4, 0.5) is 0 Å². The molecule has 0 aliphatic heterocycles. The van der Waals surface area contributed by atoms with Gasteiger partial charge in [-0.2, -0.15) is 0 Å². The van der Waals surface area contributed by atoms with E-state index in [1.165, 1.54) is 59.5 Å². The average molecular weight is 1210 g/mol. The highest BCUT2D eigenvalue weighted by molar-refractivity contribution is 5.99. The van der Waals surface area contributed by atoms with Crippen LogP contribution in [0.25, 0.3) is 0 Å². The van der Waals surface area contributed by atoms with Crippen LogP contribution in [0.1, 0.15) is 108 Å². The molecule has 0 aliphatic rings. The summed E-state index contributed by atoms with van der Waals surface area (Å²) >= 11 is 0. The van der Waals surface area contributed by atoms with Gasteiger partial charge in [-0.3, -0.25) is 19.2 Å². The zero-order valence-electron chi connectivity index (χ0n) is 52.1. The molecule has 2 N–H and O–H groups in total. The molecule has 6 aromatic rings. The van der Waals surface area contributed by atoms with E-state index >= 15 is 0 Å². The molecule has 0 spiro atoms. The van der Waals surface area contributed by atoms with Gasteiger partial charge in [-0.15, -0.1) is 0 Å². The minimum atomic E-state index is -1.02. The van der Waals surface area contributed by atoms with Crippen molar-refractivity contribution in [2.45, 2.75) is 112 Å². The van der Waals surface area contributed by atoms with Gasteiger partial charge in [-0.05, 0) is 124 Å². The first-order valence-electron chi connectivity index (χ1n) is 28.4. The molecular weight excluding hydrogens is 1120 g/mol. The minimum Gasteiger partial charge on any atom is -0.497 e. The van der Waals surface area contributed by atoms with Gasteiger partial charge in [0.1, 0.15) is 47.3 Å². The molecule has 0 unspecified atom stereocenters. The third kappa shape index (κ3) is 22.2. The number of hydrogen-bond donors (Lipinski definition) is 2. The Morgan fingerprint density at radius 2 is 0.920 bits per heavy atom. The van der Waals surface area contributed by atoms with Crippen molar-refractivity contribution in [3.63, 3.8) is 0 Å². The van der Waals surface area contributed by atoms with Gasteiger partial charge in [0.25, 0.3) is 11.8 Å². The minimum absolute atomic E-state index is 0. The highest BCUT2D eigenvalue weighted by Crippen LogP contribution is 2.32. The van der Waals surface area contributed by atoms with Crippen LogP contribution in [0.2, 0.25) is 0 Å². The molecule has 6 rings (SSSR count). The standard InChI is InChI=1S/C32H38N2O9.C32H38N2O8.C2H6.2H2/c1-20(34-31(36)29-30(42-19-41-22(3)35)28(40-6)13-14-33-29)32(37)43-21(2)25(15-23-9-7-11-26(17-23)38-4)16-24-10-8-12-27(18-24)39-5;1-7-27(34-31(36)29-30(42-21(3)35)28(40-6)16-17-33-29)32(37)41-20(2)24(18-22-8-12-25(38-4)13-9-22)19-23-10-14-26(39-5)15-11-23;1-2;;/h7-14,17-18,20-21,25H,15-16,19H2,1-6H3,(H,34,36);8-17,20,24,27H,7,18-19H2,1-6H3,(H,34,36);1-2H3;2*1H/t20-,21-;20-,27-;;;/m00.../s1. The van der Waals surface area contributed by atoms with Crippen LogP contribution in [-0.4, -0.2) is 119 Å². The number of rotatable bonds is 29. The molecule has 0 aliphatic carbocycles. The predicted molar refractivity (Wildman–Crippen MR) is 329 cm³/mol. The second-order valence-electron chi connectivity index (χ2n) is 19.5. The number of esters is 4. The number of ether oxygens (including phenoxy) is 11. The molecule has 2 aromatic heterocycles. The largest absolute Gasteiger partial charge is 0.497 e. The Balaban J connectivity index is 0.000000578. The molecule has 0 bridgehead atoms. The summed E-state index contributed by atoms with van der Waals surface area (Å²) in [5.74, 6) is -0.772. The Hall–Kier alpha value is -9.40. The number of aromatic nitrogens is 2. The van der Waals surface area contributed by atoms with Gasteiger partial charge in [0.2, 0.25) is 12.5 Å². The summed E-state index contributed by atoms with van der Waals surface area (Å²) < 4.78 is 59.1. The maximum Gasteiger partial charge on any atom is 0.328 e. The summed E-state index contributed by atoms with van der Waals surface area (Å²) in [5, 5.41) is 5.27. The first-order chi connectivity index (χ1) is 41.8. The van der Waals surface area contributed by atoms with Gasteiger partial charge in [-0.1, -0.05) is 69.3 Å². The zero-order chi connectivity index (χ0) is 64.0. The van der Waals surface area contributed by atoms with Gasteiger partial charge < -0.3 is 62.7 Å². The molecule has 0 fully saturated rings. The number of nitrogens with zero attached hydrogens (tertiary/aromatic N) is 2. The van der Waals surface area contributed by atoms with Crippen molar-refractivity contribution in [2.24, 2.45) is 11.8 Å². The molecule has 87 heavy (non-hydrogen) atoms. The van der Waals surface area contributed by atoms with E-state index in [1.807, 2.05) is 125 Å². The van der Waals surface area contributed by atoms with Crippen LogP contribution in [-0.2, 0) is 59.1 Å². The van der Waals surface area contributed by atoms with Crippen molar-refractivity contribution >= 4 is 35.7 Å². The number of carbonyl (C=O) groups is 6. The van der Waals surface area contributed by atoms with Crippen LogP contribution in [0.3, 0.4) is 0 Å². The monoisotopic (exact) mass is 1210 g/mol. The quantitative estimate of drug-likeness (QED) is 0.0251. The van der Waals surface area contributed by atoms with E-state index in [-0.39, 0.29) is 55.5 Å². The lowest BCUT2D eigenvalue weighted by Gasteiger charge is -2.27. The summed E-state index contributed by atoms with van der Waals surface area (Å²) in [6.45, 7) is 12.9. The molecule has 0 saturated carbocycles. The predicted octanol–water partition coefficient (Wildman–Crippen LogP) is 10.3. The second kappa shape index (κ2) is 36.4. The fourth-order valence-electron chi connectivity index (χ4n) is 8.82. The lowest BCUT2D eigenvalue weighted by Crippen LogP contribution is -2.43. The van der Waals surface area contributed by atoms with Crippen molar-refractivity contribution in [1.82, 2.24) is 20.6 Å². The third-order valence-electron chi connectivity index (χ3n) is 13.5. The molecule has 4 aromatic carbocycles. The number of nitrogens with one attached hydrogen (secondary N) is 2. The van der Waals surface area contributed by atoms with E-state index in [2.05, 4.69) is 20.6 Å². The lowest BCUT2D eigenvalue weighted by molar-refractivity contribution is -0.153. The fraction of sp³-hybridized carbons (Fsp3) is 0.394. The van der Waals surface area contributed by atoms with E-state index in [9.17, 15) is 28.8 Å². The number of pyridine rings is 2. The van der Waals surface area contributed by atoms with Crippen LogP contribution in [0.5, 0.6) is 46.0 Å². The lowest BCUT2D eigenvalue weighted by atomic mass is 9.88. The molecule has 4 atom stereocenters. The molecular formula is C66H86N4O17. The summed E-state index contributed by atoms with van der Waals surface area (Å²) in [4.78, 5) is 83.7. The Kier molecular flexibility index (Phi) is 29.4.